The van der Waals surface area contributed by atoms with Crippen LogP contribution in [0.25, 0.3) is 95.3 Å². The average molecular weight is 668 g/mol. The zero-order valence-electron chi connectivity index (χ0n) is 27.9. The first-order valence-corrected chi connectivity index (χ1v) is 17.2. The molecule has 0 aliphatic carbocycles. The fourth-order valence-corrected chi connectivity index (χ4v) is 6.97. The molecule has 0 aliphatic rings. The molecule has 0 saturated heterocycles. The van der Waals surface area contributed by atoms with Crippen LogP contribution in [0.3, 0.4) is 0 Å². The Morgan fingerprint density at radius 3 is 1.58 bits per heavy atom. The van der Waals surface area contributed by atoms with Gasteiger partial charge in [-0.15, -0.1) is 0 Å². The lowest BCUT2D eigenvalue weighted by molar-refractivity contribution is 0.574. The molecule has 0 amide bonds. The smallest absolute Gasteiger partial charge is 0.307 e. The Hall–Kier alpha value is -7.18. The predicted molar refractivity (Wildman–Crippen MR) is 209 cm³/mol. The van der Waals surface area contributed by atoms with E-state index in [0.717, 1.165) is 71.8 Å². The standard InChI is InChI=1S/C46H29N5O/c1-3-13-30(14-4-1)32-17-11-19-35(27-32)44-48-43(31-15-5-2-6-16-31)49-45(50-44)36-20-12-18-33(28-36)34-25-26-41-38(29-34)37-21-7-9-23-40(37)51(41)46-47-39-22-8-10-24-42(39)52-46/h1-29H. The molecule has 244 valence electrons. The van der Waals surface area contributed by atoms with Gasteiger partial charge < -0.3 is 4.42 Å². The van der Waals surface area contributed by atoms with E-state index in [1.807, 2.05) is 60.7 Å². The number of nitrogens with zero attached hydrogens (tertiary/aromatic N) is 5. The molecule has 10 rings (SSSR count). The van der Waals surface area contributed by atoms with E-state index in [9.17, 15) is 0 Å². The summed E-state index contributed by atoms with van der Waals surface area (Å²) in [6.45, 7) is 0. The van der Waals surface area contributed by atoms with E-state index in [0.29, 0.717) is 23.5 Å². The van der Waals surface area contributed by atoms with Crippen LogP contribution < -0.4 is 0 Å². The third-order valence-corrected chi connectivity index (χ3v) is 9.50. The van der Waals surface area contributed by atoms with Gasteiger partial charge in [0.15, 0.2) is 23.1 Å². The number of benzene rings is 7. The molecule has 7 aromatic carbocycles. The summed E-state index contributed by atoms with van der Waals surface area (Å²) < 4.78 is 8.36. The van der Waals surface area contributed by atoms with Gasteiger partial charge in [-0.25, -0.2) is 15.0 Å². The summed E-state index contributed by atoms with van der Waals surface area (Å²) in [7, 11) is 0. The van der Waals surface area contributed by atoms with Crippen LogP contribution in [0, 0.1) is 0 Å². The second-order valence-electron chi connectivity index (χ2n) is 12.7. The van der Waals surface area contributed by atoms with Crippen molar-refractivity contribution in [1.29, 1.82) is 0 Å². The molecule has 3 heterocycles. The first-order valence-electron chi connectivity index (χ1n) is 17.2. The molecule has 0 saturated carbocycles. The van der Waals surface area contributed by atoms with Gasteiger partial charge in [0.05, 0.1) is 11.0 Å². The summed E-state index contributed by atoms with van der Waals surface area (Å²) >= 11 is 0. The van der Waals surface area contributed by atoms with E-state index >= 15 is 0 Å². The SMILES string of the molecule is c1ccc(-c2cccc(-c3nc(-c4ccccc4)nc(-c4cccc(-c5ccc6c(c5)c5ccccc5n6-c5nc6ccccc6o5)c4)n3)c2)cc1. The van der Waals surface area contributed by atoms with E-state index in [-0.39, 0.29) is 0 Å². The van der Waals surface area contributed by atoms with Crippen molar-refractivity contribution in [3.63, 3.8) is 0 Å². The van der Waals surface area contributed by atoms with Crippen molar-refractivity contribution in [2.24, 2.45) is 0 Å². The molecule has 3 aromatic heterocycles. The number of hydrogen-bond acceptors (Lipinski definition) is 5. The Morgan fingerprint density at radius 2 is 0.865 bits per heavy atom. The van der Waals surface area contributed by atoms with Crippen LogP contribution in [0.2, 0.25) is 0 Å². The van der Waals surface area contributed by atoms with E-state index < -0.39 is 0 Å². The lowest BCUT2D eigenvalue weighted by atomic mass is 10.0. The largest absolute Gasteiger partial charge is 0.423 e. The normalized spacial score (nSPS) is 11.5. The molecule has 10 aromatic rings. The molecule has 0 unspecified atom stereocenters. The Morgan fingerprint density at radius 1 is 0.346 bits per heavy atom. The second kappa shape index (κ2) is 12.3. The molecular formula is C46H29N5O. The van der Waals surface area contributed by atoms with Gasteiger partial charge >= 0.3 is 6.01 Å². The van der Waals surface area contributed by atoms with Crippen molar-refractivity contribution < 1.29 is 4.42 Å². The molecule has 0 atom stereocenters. The average Bonchev–Trinajstić information content (AvgIpc) is 3.80. The number of aromatic nitrogens is 5. The van der Waals surface area contributed by atoms with Crippen LogP contribution in [0.1, 0.15) is 0 Å². The molecular weight excluding hydrogens is 639 g/mol. The molecule has 0 bridgehead atoms. The highest BCUT2D eigenvalue weighted by atomic mass is 16.4. The van der Waals surface area contributed by atoms with Gasteiger partial charge in [0.1, 0.15) is 5.52 Å². The fraction of sp³-hybridized carbons (Fsp3) is 0. The van der Waals surface area contributed by atoms with E-state index in [1.54, 1.807) is 0 Å². The quantitative estimate of drug-likeness (QED) is 0.176. The zero-order valence-corrected chi connectivity index (χ0v) is 27.9. The maximum atomic E-state index is 6.25. The highest BCUT2D eigenvalue weighted by Crippen LogP contribution is 2.36. The molecule has 0 aliphatic heterocycles. The van der Waals surface area contributed by atoms with E-state index in [4.69, 9.17) is 24.4 Å². The maximum absolute atomic E-state index is 6.25. The lowest BCUT2D eigenvalue weighted by Gasteiger charge is -2.11. The molecule has 52 heavy (non-hydrogen) atoms. The van der Waals surface area contributed by atoms with Crippen LogP contribution in [0.15, 0.2) is 180 Å². The van der Waals surface area contributed by atoms with Gasteiger partial charge in [0, 0.05) is 27.5 Å². The number of fused-ring (bicyclic) bond motifs is 4. The maximum Gasteiger partial charge on any atom is 0.307 e. The molecule has 0 fully saturated rings. The summed E-state index contributed by atoms with van der Waals surface area (Å²) in [5, 5.41) is 2.25. The van der Waals surface area contributed by atoms with Crippen LogP contribution in [-0.2, 0) is 0 Å². The summed E-state index contributed by atoms with van der Waals surface area (Å²) in [4.78, 5) is 19.9. The van der Waals surface area contributed by atoms with E-state index in [2.05, 4.69) is 120 Å². The predicted octanol–water partition coefficient (Wildman–Crippen LogP) is 11.4. The monoisotopic (exact) mass is 667 g/mol. The van der Waals surface area contributed by atoms with Crippen molar-refractivity contribution >= 4 is 32.9 Å². The van der Waals surface area contributed by atoms with Gasteiger partial charge in [-0.2, -0.15) is 4.98 Å². The Bertz CT molecular complexity index is 2880. The minimum Gasteiger partial charge on any atom is -0.423 e. The number of oxazole rings is 1. The summed E-state index contributed by atoms with van der Waals surface area (Å²) in [5.41, 5.74) is 10.8. The summed E-state index contributed by atoms with van der Waals surface area (Å²) in [6, 6.07) is 60.6. The van der Waals surface area contributed by atoms with Crippen LogP contribution in [0.5, 0.6) is 0 Å². The summed E-state index contributed by atoms with van der Waals surface area (Å²) in [5.74, 6) is 1.87. The Balaban J connectivity index is 1.09. The zero-order chi connectivity index (χ0) is 34.4. The minimum atomic E-state index is 0.552. The number of hydrogen-bond donors (Lipinski definition) is 0. The molecule has 0 N–H and O–H groups in total. The van der Waals surface area contributed by atoms with Crippen molar-refractivity contribution in [2.75, 3.05) is 0 Å². The summed E-state index contributed by atoms with van der Waals surface area (Å²) in [6.07, 6.45) is 0. The van der Waals surface area contributed by atoms with Gasteiger partial charge in [-0.3, -0.25) is 4.57 Å². The minimum absolute atomic E-state index is 0.552. The van der Waals surface area contributed by atoms with Crippen molar-refractivity contribution in [1.82, 2.24) is 24.5 Å². The van der Waals surface area contributed by atoms with Crippen LogP contribution >= 0.6 is 0 Å². The third kappa shape index (κ3) is 5.22. The second-order valence-corrected chi connectivity index (χ2v) is 12.7. The van der Waals surface area contributed by atoms with Crippen LogP contribution in [0.4, 0.5) is 0 Å². The molecule has 0 radical (unpaired) electrons. The Kier molecular flexibility index (Phi) is 7.03. The molecule has 0 spiro atoms. The third-order valence-electron chi connectivity index (χ3n) is 9.50. The Labute approximate surface area is 299 Å². The highest BCUT2D eigenvalue weighted by molar-refractivity contribution is 6.10. The fourth-order valence-electron chi connectivity index (χ4n) is 6.97. The van der Waals surface area contributed by atoms with Gasteiger partial charge in [-0.05, 0) is 64.7 Å². The first-order chi connectivity index (χ1) is 25.7. The number of para-hydroxylation sites is 3. The van der Waals surface area contributed by atoms with Gasteiger partial charge in [-0.1, -0.05) is 133 Å². The first kappa shape index (κ1) is 29.7. The highest BCUT2D eigenvalue weighted by Gasteiger charge is 2.18. The molecule has 6 heteroatoms. The number of rotatable bonds is 6. The van der Waals surface area contributed by atoms with Crippen molar-refractivity contribution in [2.45, 2.75) is 0 Å². The van der Waals surface area contributed by atoms with Gasteiger partial charge in [0.25, 0.3) is 0 Å². The lowest BCUT2D eigenvalue weighted by Crippen LogP contribution is -2.00. The molecule has 6 nitrogen and oxygen atoms in total. The van der Waals surface area contributed by atoms with Gasteiger partial charge in [0.2, 0.25) is 0 Å². The van der Waals surface area contributed by atoms with E-state index in [1.165, 1.54) is 0 Å². The topological polar surface area (TPSA) is 69.6 Å². The van der Waals surface area contributed by atoms with Crippen LogP contribution in [-0.4, -0.2) is 24.5 Å². The van der Waals surface area contributed by atoms with Crippen molar-refractivity contribution in [3.05, 3.63) is 176 Å². The van der Waals surface area contributed by atoms with Crippen molar-refractivity contribution in [3.8, 4) is 62.4 Å².